The minimum absolute atomic E-state index is 0.792. The molecule has 0 bridgehead atoms. The van der Waals surface area contributed by atoms with Crippen LogP contribution in [0.4, 0.5) is 37.9 Å². The number of thiazole rings is 1. The number of hydrogen-bond acceptors (Lipinski definition) is 10. The van der Waals surface area contributed by atoms with Crippen LogP contribution in [0, 0.1) is 13.8 Å². The highest BCUT2D eigenvalue weighted by Gasteiger charge is 2.14. The van der Waals surface area contributed by atoms with Crippen molar-refractivity contribution in [1.82, 2.24) is 4.98 Å². The van der Waals surface area contributed by atoms with Crippen molar-refractivity contribution in [2.45, 2.75) is 40.0 Å². The zero-order valence-corrected chi connectivity index (χ0v) is 22.9. The number of aromatic nitrogens is 1. The van der Waals surface area contributed by atoms with Crippen LogP contribution in [0.15, 0.2) is 75.2 Å². The zero-order chi connectivity index (χ0) is 25.6. The van der Waals surface area contributed by atoms with Gasteiger partial charge in [0, 0.05) is 24.2 Å². The Morgan fingerprint density at radius 2 is 1.59 bits per heavy atom. The van der Waals surface area contributed by atoms with Gasteiger partial charge >= 0.3 is 0 Å². The van der Waals surface area contributed by atoms with Gasteiger partial charge in [0.2, 0.25) is 5.13 Å². The van der Waals surface area contributed by atoms with E-state index in [1.165, 1.54) is 22.7 Å². The molecule has 2 aromatic carbocycles. The number of azo groups is 2. The third-order valence-corrected chi connectivity index (χ3v) is 8.22. The zero-order valence-electron chi connectivity index (χ0n) is 21.2. The third-order valence-electron chi connectivity index (χ3n) is 6.13. The van der Waals surface area contributed by atoms with Crippen LogP contribution in [0.5, 0.6) is 0 Å². The molecular weight excluding hydrogens is 500 g/mol. The van der Waals surface area contributed by atoms with Gasteiger partial charge in [0.15, 0.2) is 0 Å². The Kier molecular flexibility index (Phi) is 7.86. The fourth-order valence-electron chi connectivity index (χ4n) is 4.01. The summed E-state index contributed by atoms with van der Waals surface area (Å²) in [6.07, 6.45) is 5.42. The van der Waals surface area contributed by atoms with E-state index in [2.05, 4.69) is 54.2 Å². The first-order valence-electron chi connectivity index (χ1n) is 12.4. The maximum atomic E-state index is 4.46. The van der Waals surface area contributed by atoms with E-state index < -0.39 is 0 Å². The standard InChI is InChI=1S/C27H30N8S2/c1-4-22-17-28-27(36-22)34-32-24-10-7-20(15-19(24)3)29-31-23-9-8-21(16-18(23)2)30-33-25-11-12-26(37-25)35-13-5-6-14-35/h7-12,15-17,32H,4-6,13-14H2,1-3H3,(H,28,34)/b31-29+,33-30+. The summed E-state index contributed by atoms with van der Waals surface area (Å²) in [5.74, 6) is 0. The number of hydrazine groups is 1. The molecule has 10 heteroatoms. The van der Waals surface area contributed by atoms with Crippen LogP contribution in [0.3, 0.4) is 0 Å². The van der Waals surface area contributed by atoms with E-state index >= 15 is 0 Å². The topological polar surface area (TPSA) is 89.6 Å². The van der Waals surface area contributed by atoms with Crippen LogP contribution in [-0.4, -0.2) is 18.1 Å². The number of thiophene rings is 1. The Hall–Kier alpha value is -3.63. The van der Waals surface area contributed by atoms with Crippen LogP contribution in [0.25, 0.3) is 0 Å². The predicted molar refractivity (Wildman–Crippen MR) is 155 cm³/mol. The summed E-state index contributed by atoms with van der Waals surface area (Å²) in [5, 5.41) is 20.8. The van der Waals surface area contributed by atoms with E-state index in [1.54, 1.807) is 22.7 Å². The molecule has 0 spiro atoms. The van der Waals surface area contributed by atoms with E-state index in [1.807, 2.05) is 62.5 Å². The van der Waals surface area contributed by atoms with Gasteiger partial charge in [-0.15, -0.1) is 21.6 Å². The molecule has 4 aromatic rings. The normalized spacial score (nSPS) is 13.8. The lowest BCUT2D eigenvalue weighted by Crippen LogP contribution is -2.15. The molecule has 2 N–H and O–H groups in total. The molecule has 190 valence electrons. The second-order valence-electron chi connectivity index (χ2n) is 8.91. The van der Waals surface area contributed by atoms with Crippen LogP contribution < -0.4 is 15.8 Å². The van der Waals surface area contributed by atoms with Gasteiger partial charge in [-0.05, 0) is 92.8 Å². The van der Waals surface area contributed by atoms with Crippen molar-refractivity contribution in [3.63, 3.8) is 0 Å². The number of nitrogens with zero attached hydrogens (tertiary/aromatic N) is 6. The first kappa shape index (κ1) is 25.0. The number of nitrogens with one attached hydrogen (secondary N) is 2. The molecule has 8 nitrogen and oxygen atoms in total. The lowest BCUT2D eigenvalue weighted by molar-refractivity contribution is 0.949. The van der Waals surface area contributed by atoms with Gasteiger partial charge in [-0.1, -0.05) is 18.3 Å². The number of anilines is 3. The summed E-state index contributed by atoms with van der Waals surface area (Å²) in [6.45, 7) is 8.44. The maximum Gasteiger partial charge on any atom is 0.201 e. The van der Waals surface area contributed by atoms with Crippen LogP contribution >= 0.6 is 22.7 Å². The second-order valence-corrected chi connectivity index (χ2v) is 11.1. The SMILES string of the molecule is CCc1cnc(NNc2ccc(/N=N/c3ccc(/N=N/c4ccc(N5CCCC5)s4)cc3C)cc2C)s1. The average Bonchev–Trinajstić information content (AvgIpc) is 3.68. The quantitative estimate of drug-likeness (QED) is 0.167. The first-order chi connectivity index (χ1) is 18.1. The van der Waals surface area contributed by atoms with E-state index in [0.717, 1.165) is 63.5 Å². The maximum absolute atomic E-state index is 4.46. The Balaban J connectivity index is 1.19. The van der Waals surface area contributed by atoms with Gasteiger partial charge in [0.25, 0.3) is 0 Å². The van der Waals surface area contributed by atoms with Gasteiger partial charge in [0.05, 0.1) is 27.8 Å². The van der Waals surface area contributed by atoms with Crippen molar-refractivity contribution < 1.29 is 0 Å². The Morgan fingerprint density at radius 1 is 0.838 bits per heavy atom. The van der Waals surface area contributed by atoms with E-state index in [9.17, 15) is 0 Å². The number of aryl methyl sites for hydroxylation is 3. The van der Waals surface area contributed by atoms with Gasteiger partial charge in [-0.2, -0.15) is 10.2 Å². The Labute approximate surface area is 225 Å². The summed E-state index contributed by atoms with van der Waals surface area (Å²) in [4.78, 5) is 8.03. The minimum atomic E-state index is 0.792. The molecule has 2 aromatic heterocycles. The molecule has 0 amide bonds. The van der Waals surface area contributed by atoms with Gasteiger partial charge in [-0.3, -0.25) is 10.9 Å². The lowest BCUT2D eigenvalue weighted by atomic mass is 10.2. The highest BCUT2D eigenvalue weighted by atomic mass is 32.1. The minimum Gasteiger partial charge on any atom is -0.363 e. The molecule has 1 aliphatic heterocycles. The van der Waals surface area contributed by atoms with Crippen molar-refractivity contribution in [3.05, 3.63) is 70.7 Å². The van der Waals surface area contributed by atoms with Gasteiger partial charge < -0.3 is 4.90 Å². The third kappa shape index (κ3) is 6.39. The molecular formula is C27H30N8S2. The molecule has 37 heavy (non-hydrogen) atoms. The van der Waals surface area contributed by atoms with E-state index in [4.69, 9.17) is 0 Å². The molecule has 0 saturated carbocycles. The first-order valence-corrected chi connectivity index (χ1v) is 14.1. The summed E-state index contributed by atoms with van der Waals surface area (Å²) in [5.41, 5.74) is 11.8. The summed E-state index contributed by atoms with van der Waals surface area (Å²) >= 11 is 3.33. The van der Waals surface area contributed by atoms with Crippen LogP contribution in [-0.2, 0) is 6.42 Å². The summed E-state index contributed by atoms with van der Waals surface area (Å²) in [7, 11) is 0. The van der Waals surface area contributed by atoms with Gasteiger partial charge in [-0.25, -0.2) is 4.98 Å². The highest BCUT2D eigenvalue weighted by Crippen LogP contribution is 2.35. The molecule has 1 aliphatic rings. The smallest absolute Gasteiger partial charge is 0.201 e. The molecule has 0 atom stereocenters. The highest BCUT2D eigenvalue weighted by molar-refractivity contribution is 7.19. The summed E-state index contributed by atoms with van der Waals surface area (Å²) in [6, 6.07) is 16.0. The Morgan fingerprint density at radius 3 is 2.32 bits per heavy atom. The van der Waals surface area contributed by atoms with Gasteiger partial charge in [0.1, 0.15) is 5.00 Å². The van der Waals surface area contributed by atoms with Crippen LogP contribution in [0.2, 0.25) is 0 Å². The molecule has 5 rings (SSSR count). The van der Waals surface area contributed by atoms with Crippen molar-refractivity contribution in [3.8, 4) is 0 Å². The monoisotopic (exact) mass is 530 g/mol. The number of hydrogen-bond donors (Lipinski definition) is 2. The fourth-order valence-corrected chi connectivity index (χ4v) is 5.60. The number of benzene rings is 2. The average molecular weight is 531 g/mol. The molecule has 1 fully saturated rings. The summed E-state index contributed by atoms with van der Waals surface area (Å²) < 4.78 is 0. The second kappa shape index (κ2) is 11.6. The van der Waals surface area contributed by atoms with Crippen molar-refractivity contribution in [2.24, 2.45) is 20.5 Å². The van der Waals surface area contributed by atoms with E-state index in [-0.39, 0.29) is 0 Å². The molecule has 0 aliphatic carbocycles. The van der Waals surface area contributed by atoms with Crippen molar-refractivity contribution >= 4 is 60.6 Å². The molecule has 0 unspecified atom stereocenters. The largest absolute Gasteiger partial charge is 0.363 e. The fraction of sp³-hybridized carbons (Fsp3) is 0.296. The number of rotatable bonds is 9. The lowest BCUT2D eigenvalue weighted by Gasteiger charge is -2.13. The predicted octanol–water partition coefficient (Wildman–Crippen LogP) is 9.25. The molecule has 0 radical (unpaired) electrons. The van der Waals surface area contributed by atoms with E-state index in [0.29, 0.717) is 0 Å². The molecule has 1 saturated heterocycles. The van der Waals surface area contributed by atoms with Crippen LogP contribution in [0.1, 0.15) is 35.8 Å². The molecule has 3 heterocycles. The Bertz CT molecular complexity index is 1420. The van der Waals surface area contributed by atoms with Crippen molar-refractivity contribution in [1.29, 1.82) is 0 Å². The van der Waals surface area contributed by atoms with Crippen molar-refractivity contribution in [2.75, 3.05) is 28.8 Å².